The Hall–Kier alpha value is -5.69. The Morgan fingerprint density at radius 3 is 2.59 bits per heavy atom. The fraction of sp³-hybridized carbons (Fsp3) is 0.306. The molecule has 4 aromatic heterocycles. The number of nitrogens with zero attached hydrogens (tertiary/aromatic N) is 6. The summed E-state index contributed by atoms with van der Waals surface area (Å²) in [5.74, 6) is 0.636. The normalized spacial score (nSPS) is 14.8. The molecule has 49 heavy (non-hydrogen) atoms. The molecule has 0 saturated carbocycles. The Morgan fingerprint density at radius 2 is 1.88 bits per heavy atom. The molecule has 1 aliphatic rings. The zero-order valence-electron chi connectivity index (χ0n) is 28.1. The van der Waals surface area contributed by atoms with Crippen LogP contribution in [0.3, 0.4) is 0 Å². The van der Waals surface area contributed by atoms with Gasteiger partial charge in [0, 0.05) is 49.0 Å². The van der Waals surface area contributed by atoms with E-state index >= 15 is 0 Å². The van der Waals surface area contributed by atoms with Crippen LogP contribution in [-0.4, -0.2) is 55.8 Å². The number of nitrogen functional groups attached to an aromatic ring is 1. The SMILES string of the molecule is COc1ccc(CNC(=O)c2c(N)n(-c3c(C)ccc4c3cnn4C3CCCCO3)c(=O)c3cc(C)c(-c4cnn(C)c4)nc23)c(OC)c1. The van der Waals surface area contributed by atoms with Gasteiger partial charge >= 0.3 is 0 Å². The maximum atomic E-state index is 14.6. The number of aromatic nitrogens is 6. The van der Waals surface area contributed by atoms with Gasteiger partial charge in [0.2, 0.25) is 0 Å². The molecule has 1 saturated heterocycles. The van der Waals surface area contributed by atoms with Crippen LogP contribution >= 0.6 is 0 Å². The second-order valence-corrected chi connectivity index (χ2v) is 12.3. The summed E-state index contributed by atoms with van der Waals surface area (Å²) in [7, 11) is 4.94. The molecule has 1 amide bonds. The molecule has 13 nitrogen and oxygen atoms in total. The van der Waals surface area contributed by atoms with Gasteiger partial charge in [0.15, 0.2) is 6.23 Å². The molecule has 0 radical (unpaired) electrons. The van der Waals surface area contributed by atoms with E-state index in [0.717, 1.165) is 47.0 Å². The summed E-state index contributed by atoms with van der Waals surface area (Å²) < 4.78 is 21.9. The molecule has 5 heterocycles. The minimum atomic E-state index is -0.501. The van der Waals surface area contributed by atoms with Gasteiger partial charge in [-0.15, -0.1) is 0 Å². The van der Waals surface area contributed by atoms with Gasteiger partial charge in [0.25, 0.3) is 11.5 Å². The molecule has 13 heteroatoms. The Balaban J connectivity index is 1.43. The van der Waals surface area contributed by atoms with Crippen molar-refractivity contribution in [2.75, 3.05) is 26.6 Å². The number of methoxy groups -OCH3 is 2. The monoisotopic (exact) mass is 662 g/mol. The number of hydrogen-bond donors (Lipinski definition) is 2. The number of benzene rings is 2. The lowest BCUT2D eigenvalue weighted by molar-refractivity contribution is -0.0366. The van der Waals surface area contributed by atoms with Crippen molar-refractivity contribution in [1.29, 1.82) is 0 Å². The van der Waals surface area contributed by atoms with Crippen LogP contribution in [0.2, 0.25) is 0 Å². The molecule has 252 valence electrons. The minimum absolute atomic E-state index is 0.0394. The number of anilines is 1. The summed E-state index contributed by atoms with van der Waals surface area (Å²) >= 11 is 0. The van der Waals surface area contributed by atoms with E-state index in [4.69, 9.17) is 30.0 Å². The molecule has 2 aromatic carbocycles. The van der Waals surface area contributed by atoms with Gasteiger partial charge in [-0.1, -0.05) is 6.07 Å². The van der Waals surface area contributed by atoms with E-state index in [1.807, 2.05) is 50.0 Å². The quantitative estimate of drug-likeness (QED) is 0.230. The first-order chi connectivity index (χ1) is 23.7. The van der Waals surface area contributed by atoms with Gasteiger partial charge in [-0.25, -0.2) is 9.67 Å². The number of rotatable bonds is 8. The molecule has 3 N–H and O–H groups in total. The van der Waals surface area contributed by atoms with Crippen molar-refractivity contribution in [3.63, 3.8) is 0 Å². The number of pyridine rings is 2. The van der Waals surface area contributed by atoms with E-state index in [1.54, 1.807) is 49.5 Å². The van der Waals surface area contributed by atoms with Crippen molar-refractivity contribution in [1.82, 2.24) is 34.4 Å². The molecule has 1 atom stereocenters. The molecule has 0 aliphatic carbocycles. The molecular weight excluding hydrogens is 624 g/mol. The van der Waals surface area contributed by atoms with Gasteiger partial charge in [-0.05, 0) is 68.5 Å². The smallest absolute Gasteiger partial charge is 0.266 e. The van der Waals surface area contributed by atoms with Crippen LogP contribution in [0.15, 0.2) is 59.8 Å². The second kappa shape index (κ2) is 12.7. The van der Waals surface area contributed by atoms with Crippen molar-refractivity contribution >= 4 is 33.5 Å². The lowest BCUT2D eigenvalue weighted by Crippen LogP contribution is -2.30. The predicted molar refractivity (Wildman–Crippen MR) is 186 cm³/mol. The fourth-order valence-corrected chi connectivity index (χ4v) is 6.63. The summed E-state index contributed by atoms with van der Waals surface area (Å²) in [6, 6.07) is 11.0. The highest BCUT2D eigenvalue weighted by Gasteiger charge is 2.27. The first-order valence-corrected chi connectivity index (χ1v) is 16.1. The van der Waals surface area contributed by atoms with Gasteiger partial charge in [-0.2, -0.15) is 10.2 Å². The Bertz CT molecular complexity index is 2300. The zero-order chi connectivity index (χ0) is 34.4. The van der Waals surface area contributed by atoms with Crippen LogP contribution in [0.4, 0.5) is 5.82 Å². The van der Waals surface area contributed by atoms with E-state index in [0.29, 0.717) is 34.9 Å². The minimum Gasteiger partial charge on any atom is -0.497 e. The van der Waals surface area contributed by atoms with Crippen LogP contribution < -0.4 is 26.1 Å². The van der Waals surface area contributed by atoms with Crippen LogP contribution in [0.25, 0.3) is 38.8 Å². The summed E-state index contributed by atoms with van der Waals surface area (Å²) in [5.41, 5.74) is 11.8. The third-order valence-corrected chi connectivity index (χ3v) is 9.13. The zero-order valence-corrected chi connectivity index (χ0v) is 28.1. The molecule has 7 rings (SSSR count). The summed E-state index contributed by atoms with van der Waals surface area (Å²) in [4.78, 5) is 33.8. The molecule has 1 unspecified atom stereocenters. The number of nitrogens with two attached hydrogens (primary N) is 1. The van der Waals surface area contributed by atoms with E-state index < -0.39 is 11.5 Å². The lowest BCUT2D eigenvalue weighted by Gasteiger charge is -2.24. The number of carbonyl (C=O) groups excluding carboxylic acids is 1. The number of amides is 1. The van der Waals surface area contributed by atoms with Gasteiger partial charge in [-0.3, -0.25) is 18.8 Å². The number of nitrogens with one attached hydrogen (secondary N) is 1. The Labute approximate surface area is 282 Å². The number of hydrogen-bond acceptors (Lipinski definition) is 9. The molecule has 1 fully saturated rings. The summed E-state index contributed by atoms with van der Waals surface area (Å²) in [6.07, 6.45) is 7.94. The molecule has 0 spiro atoms. The lowest BCUT2D eigenvalue weighted by atomic mass is 10.0. The van der Waals surface area contributed by atoms with Crippen molar-refractivity contribution in [3.05, 3.63) is 87.6 Å². The number of aryl methyl sites for hydroxylation is 3. The van der Waals surface area contributed by atoms with E-state index in [-0.39, 0.29) is 35.1 Å². The summed E-state index contributed by atoms with van der Waals surface area (Å²) in [5, 5.41) is 13.0. The first kappa shape index (κ1) is 31.9. The molecule has 0 bridgehead atoms. The molecule has 1 aliphatic heterocycles. The molecule has 6 aromatic rings. The number of fused-ring (bicyclic) bond motifs is 2. The van der Waals surface area contributed by atoms with Crippen LogP contribution in [0.1, 0.15) is 52.5 Å². The topological polar surface area (TPSA) is 153 Å². The van der Waals surface area contributed by atoms with Crippen LogP contribution in [0.5, 0.6) is 11.5 Å². The summed E-state index contributed by atoms with van der Waals surface area (Å²) in [6.45, 7) is 4.57. The third kappa shape index (κ3) is 5.55. The Kier molecular flexibility index (Phi) is 8.28. The van der Waals surface area contributed by atoms with Gasteiger partial charge < -0.3 is 25.3 Å². The number of ether oxygens (including phenoxy) is 3. The van der Waals surface area contributed by atoms with Crippen molar-refractivity contribution < 1.29 is 19.0 Å². The average molecular weight is 663 g/mol. The highest BCUT2D eigenvalue weighted by molar-refractivity contribution is 6.10. The van der Waals surface area contributed by atoms with Crippen molar-refractivity contribution in [3.8, 4) is 28.4 Å². The highest BCUT2D eigenvalue weighted by Crippen LogP contribution is 2.34. The third-order valence-electron chi connectivity index (χ3n) is 9.13. The number of carbonyl (C=O) groups is 1. The average Bonchev–Trinajstić information content (AvgIpc) is 3.75. The van der Waals surface area contributed by atoms with Crippen molar-refractivity contribution in [2.24, 2.45) is 7.05 Å². The van der Waals surface area contributed by atoms with Gasteiger partial charge in [0.05, 0.1) is 54.4 Å². The maximum absolute atomic E-state index is 14.6. The highest BCUT2D eigenvalue weighted by atomic mass is 16.5. The van der Waals surface area contributed by atoms with Crippen LogP contribution in [0, 0.1) is 13.8 Å². The van der Waals surface area contributed by atoms with Crippen molar-refractivity contribution in [2.45, 2.75) is 45.9 Å². The molecular formula is C36H38N8O5. The largest absolute Gasteiger partial charge is 0.497 e. The van der Waals surface area contributed by atoms with Gasteiger partial charge in [0.1, 0.15) is 22.9 Å². The standard InChI is InChI=1S/C36H38N8O5/c1-20-9-12-27-26(18-40-44(27)29-8-6-7-13-49-29)33(20)43-34(37)30(35(45)38-16-22-10-11-24(47-4)15-28(22)48-5)32-25(36(43)46)14-21(2)31(41-32)23-17-39-42(3)19-23/h9-12,14-15,17-19,29H,6-8,13,16,37H2,1-5H3,(H,38,45). The van der Waals surface area contributed by atoms with Crippen LogP contribution in [-0.2, 0) is 18.3 Å². The Morgan fingerprint density at radius 1 is 1.04 bits per heavy atom. The van der Waals surface area contributed by atoms with E-state index in [1.165, 1.54) is 4.57 Å². The second-order valence-electron chi connectivity index (χ2n) is 12.3. The maximum Gasteiger partial charge on any atom is 0.266 e. The first-order valence-electron chi connectivity index (χ1n) is 16.1. The van der Waals surface area contributed by atoms with E-state index in [2.05, 4.69) is 10.4 Å². The fourth-order valence-electron chi connectivity index (χ4n) is 6.63. The van der Waals surface area contributed by atoms with E-state index in [9.17, 15) is 9.59 Å². The predicted octanol–water partition coefficient (Wildman–Crippen LogP) is 4.98.